The van der Waals surface area contributed by atoms with E-state index in [-0.39, 0.29) is 17.0 Å². The van der Waals surface area contributed by atoms with E-state index in [1.165, 1.54) is 4.40 Å². The van der Waals surface area contributed by atoms with Crippen LogP contribution in [0.25, 0.3) is 5.52 Å². The first-order valence-corrected chi connectivity index (χ1v) is 8.40. The number of anilines is 1. The van der Waals surface area contributed by atoms with E-state index in [4.69, 9.17) is 5.73 Å². The lowest BCUT2D eigenvalue weighted by Crippen LogP contribution is -2.18. The molecular formula is C16H14N3O6S-. The topological polar surface area (TPSA) is 154 Å². The van der Waals surface area contributed by atoms with Crippen LogP contribution < -0.4 is 11.1 Å². The number of allylic oxidation sites excluding steroid dienone is 1. The zero-order valence-electron chi connectivity index (χ0n) is 13.2. The first-order chi connectivity index (χ1) is 12.3. The van der Waals surface area contributed by atoms with Gasteiger partial charge in [-0.1, -0.05) is 23.2 Å². The summed E-state index contributed by atoms with van der Waals surface area (Å²) in [4.78, 5) is 33.9. The summed E-state index contributed by atoms with van der Waals surface area (Å²) in [6.45, 7) is 0. The summed E-state index contributed by atoms with van der Waals surface area (Å²) in [5.74, 6) is -2.86. The van der Waals surface area contributed by atoms with E-state index in [2.05, 4.69) is 5.32 Å². The normalized spacial score (nSPS) is 13.4. The van der Waals surface area contributed by atoms with Crippen molar-refractivity contribution in [3.05, 3.63) is 59.4 Å². The Morgan fingerprint density at radius 3 is 2.65 bits per heavy atom. The van der Waals surface area contributed by atoms with Gasteiger partial charge in [-0.25, -0.2) is 4.79 Å². The average Bonchev–Trinajstić information content (AvgIpc) is 2.93. The first-order valence-electron chi connectivity index (χ1n) is 7.15. The van der Waals surface area contributed by atoms with E-state index < -0.39 is 34.4 Å². The second-order valence-corrected chi connectivity index (χ2v) is 5.97. The summed E-state index contributed by atoms with van der Waals surface area (Å²) in [6.07, 6.45) is 4.00. The summed E-state index contributed by atoms with van der Waals surface area (Å²) in [7, 11) is 0. The number of carbonyl (C=O) groups excluding carboxylic acids is 2. The second kappa shape index (κ2) is 8.23. The van der Waals surface area contributed by atoms with Crippen molar-refractivity contribution in [2.45, 2.75) is 0 Å². The highest BCUT2D eigenvalue weighted by molar-refractivity contribution is 7.79. The predicted molar refractivity (Wildman–Crippen MR) is 93.2 cm³/mol. The molecule has 0 spiro atoms. The molecule has 26 heavy (non-hydrogen) atoms. The third kappa shape index (κ3) is 4.43. The number of hydrogen-bond acceptors (Lipinski definition) is 6. The Labute approximate surface area is 150 Å². The zero-order chi connectivity index (χ0) is 19.3. The lowest BCUT2D eigenvalue weighted by molar-refractivity contribution is -0.132. The van der Waals surface area contributed by atoms with Crippen molar-refractivity contribution >= 4 is 40.6 Å². The monoisotopic (exact) mass is 376 g/mol. The number of aromatic nitrogens is 1. The molecule has 2 heterocycles. The average molecular weight is 376 g/mol. The van der Waals surface area contributed by atoms with Crippen molar-refractivity contribution in [1.29, 1.82) is 0 Å². The highest BCUT2D eigenvalue weighted by atomic mass is 32.2. The van der Waals surface area contributed by atoms with Crippen molar-refractivity contribution in [2.24, 2.45) is 5.73 Å². The summed E-state index contributed by atoms with van der Waals surface area (Å²) in [6, 6.07) is 6.67. The quantitative estimate of drug-likeness (QED) is 0.261. The smallest absolute Gasteiger partial charge is 0.352 e. The maximum Gasteiger partial charge on any atom is 0.352 e. The molecule has 0 saturated carbocycles. The van der Waals surface area contributed by atoms with Crippen molar-refractivity contribution in [3.63, 3.8) is 0 Å². The van der Waals surface area contributed by atoms with Gasteiger partial charge >= 0.3 is 5.97 Å². The predicted octanol–water partition coefficient (Wildman–Crippen LogP) is 0.423. The number of carboxylic acids is 1. The van der Waals surface area contributed by atoms with Gasteiger partial charge in [-0.15, -0.1) is 0 Å². The van der Waals surface area contributed by atoms with Gasteiger partial charge in [0.2, 0.25) is 5.91 Å². The van der Waals surface area contributed by atoms with Gasteiger partial charge in [0.05, 0.1) is 5.56 Å². The van der Waals surface area contributed by atoms with Gasteiger partial charge in [-0.2, -0.15) is 0 Å². The molecule has 0 aliphatic carbocycles. The molecule has 2 rings (SSSR count). The van der Waals surface area contributed by atoms with E-state index in [1.54, 1.807) is 30.5 Å². The number of rotatable bonds is 8. The van der Waals surface area contributed by atoms with Gasteiger partial charge in [-0.3, -0.25) is 13.8 Å². The molecule has 0 bridgehead atoms. The minimum Gasteiger partial charge on any atom is -0.772 e. The van der Waals surface area contributed by atoms with Crippen LogP contribution >= 0.6 is 0 Å². The number of carbonyl (C=O) groups is 3. The second-order valence-electron chi connectivity index (χ2n) is 5.08. The molecule has 2 aromatic heterocycles. The number of fused-ring (bicyclic) bond motifs is 1. The van der Waals surface area contributed by atoms with E-state index in [1.807, 2.05) is 0 Å². The number of aliphatic carboxylic acids is 1. The summed E-state index contributed by atoms with van der Waals surface area (Å²) >= 11 is -2.62. The molecule has 136 valence electrons. The van der Waals surface area contributed by atoms with Gasteiger partial charge in [0, 0.05) is 23.5 Å². The molecule has 2 aromatic rings. The van der Waals surface area contributed by atoms with E-state index in [0.29, 0.717) is 11.8 Å². The minimum atomic E-state index is -2.62. The van der Waals surface area contributed by atoms with Gasteiger partial charge < -0.3 is 25.1 Å². The molecule has 1 unspecified atom stereocenters. The molecule has 0 aliphatic rings. The van der Waals surface area contributed by atoms with Gasteiger partial charge in [-0.05, 0) is 23.8 Å². The Bertz CT molecular complexity index is 960. The molecule has 0 aromatic carbocycles. The van der Waals surface area contributed by atoms with Crippen molar-refractivity contribution in [1.82, 2.24) is 4.40 Å². The largest absolute Gasteiger partial charge is 0.772 e. The minimum absolute atomic E-state index is 0.148. The Morgan fingerprint density at radius 1 is 1.35 bits per heavy atom. The molecule has 0 fully saturated rings. The number of primary amides is 1. The standard InChI is InChI=1S/C16H15N3O6S/c17-13(21)5-4-10(9-26(24)25)14(16(22)23)18-15-11(8-20)7-12-3-1-2-6-19(12)15/h1-8,18H,9H2,(H2,17,21)(H,22,23)(H,24,25)/p-1/b5-4+,14-10-. The third-order valence-corrected chi connectivity index (χ3v) is 3.88. The fraction of sp³-hybridized carbons (Fsp3) is 0.0625. The fourth-order valence-electron chi connectivity index (χ4n) is 2.27. The number of carboxylic acid groups (broad SMARTS) is 1. The number of nitrogens with zero attached hydrogens (tertiary/aromatic N) is 1. The van der Waals surface area contributed by atoms with Crippen LogP contribution in [0.15, 0.2) is 53.9 Å². The highest BCUT2D eigenvalue weighted by Crippen LogP contribution is 2.23. The van der Waals surface area contributed by atoms with Gasteiger partial charge in [0.15, 0.2) is 6.29 Å². The zero-order valence-corrected chi connectivity index (χ0v) is 14.1. The summed E-state index contributed by atoms with van der Waals surface area (Å²) in [5, 5.41) is 12.1. The molecule has 0 aliphatic heterocycles. The summed E-state index contributed by atoms with van der Waals surface area (Å²) < 4.78 is 23.6. The molecular weight excluding hydrogens is 362 g/mol. The number of nitrogens with two attached hydrogens (primary N) is 1. The van der Waals surface area contributed by atoms with Crippen LogP contribution in [0.2, 0.25) is 0 Å². The van der Waals surface area contributed by atoms with Gasteiger partial charge in [0.25, 0.3) is 0 Å². The number of amides is 1. The number of pyridine rings is 1. The Morgan fingerprint density at radius 2 is 2.08 bits per heavy atom. The molecule has 1 atom stereocenters. The molecule has 0 saturated heterocycles. The first kappa shape index (κ1) is 19.1. The van der Waals surface area contributed by atoms with Crippen LogP contribution in [0, 0.1) is 0 Å². The maximum atomic E-state index is 11.7. The van der Waals surface area contributed by atoms with Crippen LogP contribution in [-0.4, -0.2) is 42.2 Å². The van der Waals surface area contributed by atoms with Crippen LogP contribution in [0.3, 0.4) is 0 Å². The fourth-order valence-corrected chi connectivity index (χ4v) is 2.76. The number of nitrogens with one attached hydrogen (secondary N) is 1. The Balaban J connectivity index is 2.62. The Kier molecular flexibility index (Phi) is 6.04. The lowest BCUT2D eigenvalue weighted by Gasteiger charge is -2.14. The third-order valence-electron chi connectivity index (χ3n) is 3.34. The van der Waals surface area contributed by atoms with Crippen molar-refractivity contribution < 1.29 is 28.3 Å². The molecule has 10 heteroatoms. The maximum absolute atomic E-state index is 11.7. The van der Waals surface area contributed by atoms with Crippen LogP contribution in [0.1, 0.15) is 10.4 Å². The van der Waals surface area contributed by atoms with Crippen molar-refractivity contribution in [3.8, 4) is 0 Å². The molecule has 4 N–H and O–H groups in total. The molecule has 1 amide bonds. The highest BCUT2D eigenvalue weighted by Gasteiger charge is 2.18. The van der Waals surface area contributed by atoms with Crippen LogP contribution in [0.4, 0.5) is 5.82 Å². The van der Waals surface area contributed by atoms with Crippen LogP contribution in [-0.2, 0) is 20.7 Å². The summed E-state index contributed by atoms with van der Waals surface area (Å²) in [5.41, 5.74) is 5.09. The molecule has 0 radical (unpaired) electrons. The number of aldehydes is 1. The number of hydrogen-bond donors (Lipinski definition) is 3. The van der Waals surface area contributed by atoms with Crippen LogP contribution in [0.5, 0.6) is 0 Å². The van der Waals surface area contributed by atoms with E-state index in [9.17, 15) is 28.3 Å². The van der Waals surface area contributed by atoms with E-state index >= 15 is 0 Å². The van der Waals surface area contributed by atoms with E-state index in [0.717, 1.165) is 12.2 Å². The molecule has 9 nitrogen and oxygen atoms in total. The Hall–Kier alpha value is -3.24. The van der Waals surface area contributed by atoms with Gasteiger partial charge in [0.1, 0.15) is 11.5 Å². The lowest BCUT2D eigenvalue weighted by atomic mass is 10.2. The SMILES string of the molecule is NC(=O)/C=C/C(CS(=O)[O-])=C(/Nc1c(C=O)cc2ccccn12)C(=O)O. The van der Waals surface area contributed by atoms with Crippen molar-refractivity contribution in [2.75, 3.05) is 11.1 Å².